The van der Waals surface area contributed by atoms with Crippen molar-refractivity contribution in [1.82, 2.24) is 19.5 Å². The summed E-state index contributed by atoms with van der Waals surface area (Å²) < 4.78 is 31.0. The van der Waals surface area contributed by atoms with Crippen LogP contribution >= 0.6 is 11.6 Å². The molecular formula is C24H28ClF2N7O2. The first kappa shape index (κ1) is 24.6. The Balaban J connectivity index is 1.52. The highest BCUT2D eigenvalue weighted by atomic mass is 35.5. The predicted octanol–water partition coefficient (Wildman–Crippen LogP) is 4.43. The smallest absolute Gasteiger partial charge is 0.224 e. The fraction of sp³-hybridized carbons (Fsp3) is 0.500. The number of fused-ring (bicyclic) bond motifs is 1. The number of nitrogens with zero attached hydrogens (tertiary/aromatic N) is 4. The molecule has 0 radical (unpaired) electrons. The van der Waals surface area contributed by atoms with Gasteiger partial charge in [-0.1, -0.05) is 11.6 Å². The summed E-state index contributed by atoms with van der Waals surface area (Å²) >= 11 is 5.89. The molecule has 1 amide bonds. The third kappa shape index (κ3) is 4.94. The van der Waals surface area contributed by atoms with E-state index in [-0.39, 0.29) is 41.0 Å². The lowest BCUT2D eigenvalue weighted by Gasteiger charge is -2.29. The number of amides is 1. The summed E-state index contributed by atoms with van der Waals surface area (Å²) in [5.41, 5.74) is 6.04. The zero-order chi connectivity index (χ0) is 25.4. The highest BCUT2D eigenvalue weighted by Gasteiger charge is 2.30. The summed E-state index contributed by atoms with van der Waals surface area (Å²) in [7, 11) is 0. The van der Waals surface area contributed by atoms with Crippen LogP contribution in [-0.2, 0) is 4.79 Å². The van der Waals surface area contributed by atoms with Gasteiger partial charge in [-0.25, -0.2) is 18.7 Å². The number of hydrogen-bond donors (Lipinski definition) is 4. The van der Waals surface area contributed by atoms with Gasteiger partial charge in [-0.2, -0.15) is 4.98 Å². The molecule has 2 aliphatic carbocycles. The van der Waals surface area contributed by atoms with Gasteiger partial charge in [-0.05, 0) is 63.5 Å². The van der Waals surface area contributed by atoms with Crippen molar-refractivity contribution in [3.05, 3.63) is 35.0 Å². The Morgan fingerprint density at radius 3 is 2.64 bits per heavy atom. The SMILES string of the molecule is NC(=O)[C@H]1CC[C@@H](n2c(Nc3c(F)ccc(Cl)c3F)nc3cnc(N[C@@H]4CCC[C@H](O)C4)nc32)CC1. The number of aliphatic hydroxyl groups excluding tert-OH is 1. The van der Waals surface area contributed by atoms with Crippen molar-refractivity contribution in [3.8, 4) is 0 Å². The third-order valence-corrected chi connectivity index (χ3v) is 7.45. The van der Waals surface area contributed by atoms with Crippen molar-refractivity contribution in [3.63, 3.8) is 0 Å². The molecule has 5 N–H and O–H groups in total. The summed E-state index contributed by atoms with van der Waals surface area (Å²) in [5, 5.41) is 15.9. The molecule has 2 fully saturated rings. The molecule has 0 bridgehead atoms. The summed E-state index contributed by atoms with van der Waals surface area (Å²) in [6, 6.07) is 2.15. The maximum atomic E-state index is 14.7. The van der Waals surface area contributed by atoms with Gasteiger partial charge < -0.3 is 21.5 Å². The number of aliphatic hydroxyl groups is 1. The zero-order valence-corrected chi connectivity index (χ0v) is 20.3. The minimum atomic E-state index is -0.919. The van der Waals surface area contributed by atoms with Gasteiger partial charge in [0.25, 0.3) is 0 Å². The second-order valence-electron chi connectivity index (χ2n) is 9.62. The average molecular weight is 520 g/mol. The Bertz CT molecular complexity index is 1280. The van der Waals surface area contributed by atoms with E-state index < -0.39 is 17.3 Å². The van der Waals surface area contributed by atoms with Gasteiger partial charge in [-0.3, -0.25) is 9.36 Å². The lowest BCUT2D eigenvalue weighted by Crippen LogP contribution is -2.30. The number of nitrogens with one attached hydrogen (secondary N) is 2. The van der Waals surface area contributed by atoms with Gasteiger partial charge in [0.2, 0.25) is 17.8 Å². The van der Waals surface area contributed by atoms with Crippen LogP contribution < -0.4 is 16.4 Å². The summed E-state index contributed by atoms with van der Waals surface area (Å²) in [6.07, 6.45) is 6.83. The van der Waals surface area contributed by atoms with Crippen molar-refractivity contribution in [2.24, 2.45) is 11.7 Å². The van der Waals surface area contributed by atoms with Gasteiger partial charge in [0, 0.05) is 18.0 Å². The second kappa shape index (κ2) is 10.1. The van der Waals surface area contributed by atoms with Crippen molar-refractivity contribution in [2.75, 3.05) is 10.6 Å². The zero-order valence-electron chi connectivity index (χ0n) is 19.6. The fourth-order valence-corrected chi connectivity index (χ4v) is 5.40. The molecule has 12 heteroatoms. The summed E-state index contributed by atoms with van der Waals surface area (Å²) in [4.78, 5) is 25.3. The summed E-state index contributed by atoms with van der Waals surface area (Å²) in [6.45, 7) is 0. The number of halogens is 3. The molecule has 2 heterocycles. The molecule has 0 unspecified atom stereocenters. The van der Waals surface area contributed by atoms with E-state index in [0.717, 1.165) is 31.4 Å². The van der Waals surface area contributed by atoms with Crippen molar-refractivity contribution >= 4 is 46.3 Å². The molecule has 3 aromatic rings. The lowest BCUT2D eigenvalue weighted by molar-refractivity contribution is -0.122. The molecule has 2 saturated carbocycles. The number of carbonyl (C=O) groups excluding carboxylic acids is 1. The van der Waals surface area contributed by atoms with Gasteiger partial charge in [-0.15, -0.1) is 0 Å². The van der Waals surface area contributed by atoms with Crippen LogP contribution in [0.15, 0.2) is 18.3 Å². The maximum absolute atomic E-state index is 14.7. The van der Waals surface area contributed by atoms with Crippen LogP contribution in [0, 0.1) is 17.6 Å². The summed E-state index contributed by atoms with van der Waals surface area (Å²) in [5.74, 6) is -1.67. The number of carbonyl (C=O) groups is 1. The van der Waals surface area contributed by atoms with Gasteiger partial charge in [0.15, 0.2) is 11.5 Å². The molecule has 36 heavy (non-hydrogen) atoms. The topological polar surface area (TPSA) is 131 Å². The maximum Gasteiger partial charge on any atom is 0.224 e. The molecule has 5 rings (SSSR count). The quantitative estimate of drug-likeness (QED) is 0.354. The van der Waals surface area contributed by atoms with Crippen LogP contribution in [0.5, 0.6) is 0 Å². The number of aromatic nitrogens is 4. The average Bonchev–Trinajstić information content (AvgIpc) is 3.21. The predicted molar refractivity (Wildman–Crippen MR) is 132 cm³/mol. The molecule has 192 valence electrons. The number of rotatable bonds is 6. The lowest BCUT2D eigenvalue weighted by atomic mass is 9.85. The first-order valence-corrected chi connectivity index (χ1v) is 12.6. The minimum absolute atomic E-state index is 0.0424. The highest BCUT2D eigenvalue weighted by Crippen LogP contribution is 2.38. The monoisotopic (exact) mass is 519 g/mol. The van der Waals surface area contributed by atoms with Crippen LogP contribution in [-0.4, -0.2) is 42.7 Å². The van der Waals surface area contributed by atoms with Gasteiger partial charge in [0.05, 0.1) is 17.3 Å². The molecular weight excluding hydrogens is 492 g/mol. The molecule has 1 aromatic carbocycles. The largest absolute Gasteiger partial charge is 0.393 e. The Hall–Kier alpha value is -3.05. The van der Waals surface area contributed by atoms with Crippen LogP contribution in [0.1, 0.15) is 57.4 Å². The van der Waals surface area contributed by atoms with E-state index in [1.54, 1.807) is 6.20 Å². The van der Waals surface area contributed by atoms with Crippen molar-refractivity contribution in [2.45, 2.75) is 69.6 Å². The normalized spacial score (nSPS) is 24.6. The first-order valence-electron chi connectivity index (χ1n) is 12.2. The van der Waals surface area contributed by atoms with Crippen molar-refractivity contribution < 1.29 is 18.7 Å². The Labute approximate surface area is 211 Å². The van der Waals surface area contributed by atoms with Gasteiger partial charge in [0.1, 0.15) is 17.0 Å². The Kier molecular flexibility index (Phi) is 6.94. The standard InChI is InChI=1S/C24H28ClF2N7O2/c25-16-8-9-17(26)20(19(16)27)32-24-31-18-11-29-23(30-13-2-1-3-15(35)10-13)33-22(18)34(24)14-6-4-12(5-7-14)21(28)36/h8-9,11-15,35H,1-7,10H2,(H2,28,36)(H,31,32)(H,29,30,33)/t12-,13-,14+,15+/m1/s1. The number of primary amides is 1. The van der Waals surface area contributed by atoms with E-state index in [1.165, 1.54) is 0 Å². The molecule has 0 aliphatic heterocycles. The van der Waals surface area contributed by atoms with E-state index in [9.17, 15) is 18.7 Å². The van der Waals surface area contributed by atoms with Crippen LogP contribution in [0.3, 0.4) is 0 Å². The third-order valence-electron chi connectivity index (χ3n) is 7.16. The molecule has 0 spiro atoms. The van der Waals surface area contributed by atoms with Crippen molar-refractivity contribution in [1.29, 1.82) is 0 Å². The van der Waals surface area contributed by atoms with E-state index in [1.807, 2.05) is 4.57 Å². The van der Waals surface area contributed by atoms with E-state index in [2.05, 4.69) is 20.6 Å². The highest BCUT2D eigenvalue weighted by molar-refractivity contribution is 6.31. The number of hydrogen-bond acceptors (Lipinski definition) is 7. The molecule has 9 nitrogen and oxygen atoms in total. The minimum Gasteiger partial charge on any atom is -0.393 e. The van der Waals surface area contributed by atoms with Crippen LogP contribution in [0.2, 0.25) is 5.02 Å². The molecule has 2 aliphatic rings. The van der Waals surface area contributed by atoms with Gasteiger partial charge >= 0.3 is 0 Å². The Morgan fingerprint density at radius 1 is 1.14 bits per heavy atom. The molecule has 2 aromatic heterocycles. The van der Waals surface area contributed by atoms with E-state index in [4.69, 9.17) is 22.3 Å². The number of imidazole rings is 1. The first-order chi connectivity index (χ1) is 17.3. The fourth-order valence-electron chi connectivity index (χ4n) is 5.24. The second-order valence-corrected chi connectivity index (χ2v) is 10.0. The number of anilines is 3. The molecule has 0 saturated heterocycles. The Morgan fingerprint density at radius 2 is 1.92 bits per heavy atom. The number of benzene rings is 1. The van der Waals surface area contributed by atoms with Crippen LogP contribution in [0.25, 0.3) is 11.2 Å². The molecule has 2 atom stereocenters. The number of nitrogens with two attached hydrogens (primary N) is 1. The van der Waals surface area contributed by atoms with E-state index >= 15 is 0 Å². The van der Waals surface area contributed by atoms with Crippen LogP contribution in [0.4, 0.5) is 26.4 Å². The van der Waals surface area contributed by atoms with E-state index in [0.29, 0.717) is 49.2 Å².